The van der Waals surface area contributed by atoms with Crippen molar-refractivity contribution < 1.29 is 4.58 Å². The van der Waals surface area contributed by atoms with E-state index in [-0.39, 0.29) is 12.4 Å². The molecule has 2 aromatic rings. The number of halogens is 1. The number of anilines is 2. The molecule has 0 bridgehead atoms. The molecule has 3 rings (SSSR count). The number of benzene rings is 2. The van der Waals surface area contributed by atoms with Crippen LogP contribution in [0.4, 0.5) is 11.4 Å². The molecule has 0 amide bonds. The fraction of sp³-hybridized carbons (Fsp3) is 0.208. The molecule has 0 unspecified atom stereocenters. The molecule has 0 aliphatic heterocycles. The molecule has 0 heterocycles. The van der Waals surface area contributed by atoms with Crippen molar-refractivity contribution in [1.29, 1.82) is 0 Å². The number of nitrogens with zero attached hydrogens (tertiary/aromatic N) is 2. The zero-order valence-electron chi connectivity index (χ0n) is 17.2. The largest absolute Gasteiger partial charge is 0.388 e. The summed E-state index contributed by atoms with van der Waals surface area (Å²) in [6.45, 7) is 0. The molecule has 3 nitrogen and oxygen atoms in total. The Bertz CT molecular complexity index is 909. The van der Waals surface area contributed by atoms with Crippen molar-refractivity contribution in [3.8, 4) is 0 Å². The maximum Gasteiger partial charge on any atom is 0.199 e. The first kappa shape index (κ1) is 21.5. The highest BCUT2D eigenvalue weighted by molar-refractivity contribution is 6.04. The quantitative estimate of drug-likeness (QED) is 0.746. The zero-order valence-corrected chi connectivity index (χ0v) is 18.0. The first-order valence-electron chi connectivity index (χ1n) is 9.20. The molecule has 0 aromatic heterocycles. The molecule has 0 atom stereocenters. The number of hydrogen-bond donors (Lipinski definition) is 1. The molecule has 4 heteroatoms. The average Bonchev–Trinajstić information content (AvgIpc) is 2.69. The molecule has 0 radical (unpaired) electrons. The smallest absolute Gasteiger partial charge is 0.199 e. The molecule has 1 N–H and O–H groups in total. The van der Waals surface area contributed by atoms with Gasteiger partial charge in [0.25, 0.3) is 0 Å². The Morgan fingerprint density at radius 2 is 1.29 bits per heavy atom. The lowest BCUT2D eigenvalue weighted by atomic mass is 9.90. The molecular formula is C24H29ClN3+. The molecule has 0 saturated heterocycles. The van der Waals surface area contributed by atoms with Crippen LogP contribution in [0.1, 0.15) is 11.1 Å². The van der Waals surface area contributed by atoms with Crippen molar-refractivity contribution in [2.45, 2.75) is 0 Å². The predicted molar refractivity (Wildman–Crippen MR) is 125 cm³/mol. The van der Waals surface area contributed by atoms with Crippen LogP contribution in [-0.2, 0) is 0 Å². The van der Waals surface area contributed by atoms with Gasteiger partial charge < -0.3 is 10.2 Å². The van der Waals surface area contributed by atoms with Gasteiger partial charge in [-0.25, -0.2) is 4.58 Å². The summed E-state index contributed by atoms with van der Waals surface area (Å²) >= 11 is 0. The van der Waals surface area contributed by atoms with Crippen molar-refractivity contribution in [3.63, 3.8) is 0 Å². The summed E-state index contributed by atoms with van der Waals surface area (Å²) in [4.78, 5) is 2.12. The Morgan fingerprint density at radius 1 is 0.786 bits per heavy atom. The van der Waals surface area contributed by atoms with E-state index in [2.05, 4.69) is 116 Å². The maximum atomic E-state index is 3.19. The third kappa shape index (κ3) is 4.73. The summed E-state index contributed by atoms with van der Waals surface area (Å²) in [6.07, 6.45) is 8.75. The standard InChI is InChI=1S/C24H27N3.ClH/c1-25-21-12-6-18(7-13-21)24(19-8-14-22(15-9-19)26(2)3)20-10-16-23(17-11-20)27(4)5;/h6-17H,1-5H3;1H/p+1. The molecule has 0 saturated carbocycles. The van der Waals surface area contributed by atoms with Crippen LogP contribution in [0.25, 0.3) is 5.57 Å². The molecule has 146 valence electrons. The molecule has 28 heavy (non-hydrogen) atoms. The molecule has 0 fully saturated rings. The highest BCUT2D eigenvalue weighted by Crippen LogP contribution is 2.31. The van der Waals surface area contributed by atoms with E-state index in [1.807, 2.05) is 7.05 Å². The van der Waals surface area contributed by atoms with Gasteiger partial charge in [-0.3, -0.25) is 0 Å². The Labute approximate surface area is 174 Å². The summed E-state index contributed by atoms with van der Waals surface area (Å²) in [7, 11) is 10.2. The number of nitrogens with one attached hydrogen (secondary N) is 1. The second kappa shape index (κ2) is 9.43. The summed E-state index contributed by atoms with van der Waals surface area (Å²) in [5.74, 6) is 0. The Kier molecular flexibility index (Phi) is 7.24. The van der Waals surface area contributed by atoms with Crippen LogP contribution < -0.4 is 10.2 Å². The summed E-state index contributed by atoms with van der Waals surface area (Å²) in [6, 6.07) is 17.4. The summed E-state index contributed by atoms with van der Waals surface area (Å²) < 4.78 is 2.12. The molecule has 1 aliphatic rings. The number of rotatable bonds is 4. The van der Waals surface area contributed by atoms with Crippen LogP contribution in [0, 0.1) is 0 Å². The molecule has 1 aliphatic carbocycles. The Hall–Kier alpha value is -2.78. The predicted octanol–water partition coefficient (Wildman–Crippen LogP) is 4.86. The van der Waals surface area contributed by atoms with Crippen molar-refractivity contribution in [3.05, 3.63) is 89.5 Å². The monoisotopic (exact) mass is 394 g/mol. The first-order chi connectivity index (χ1) is 13.0. The third-order valence-electron chi connectivity index (χ3n) is 4.81. The van der Waals surface area contributed by atoms with Gasteiger partial charge in [0.15, 0.2) is 5.71 Å². The second-order valence-electron chi connectivity index (χ2n) is 7.08. The fourth-order valence-electron chi connectivity index (χ4n) is 3.16. The average molecular weight is 395 g/mol. The van der Waals surface area contributed by atoms with E-state index < -0.39 is 0 Å². The highest BCUT2D eigenvalue weighted by Gasteiger charge is 2.13. The lowest BCUT2D eigenvalue weighted by Crippen LogP contribution is -2.10. The SMILES string of the molecule is CNc1ccc(C(=C2C=CC(=[N+](C)C)C=C2)c2ccc(N(C)C)cc2)cc1.Cl. The van der Waals surface area contributed by atoms with Gasteiger partial charge >= 0.3 is 0 Å². The van der Waals surface area contributed by atoms with E-state index in [4.69, 9.17) is 0 Å². The van der Waals surface area contributed by atoms with E-state index in [0.29, 0.717) is 0 Å². The van der Waals surface area contributed by atoms with E-state index >= 15 is 0 Å². The van der Waals surface area contributed by atoms with E-state index in [0.717, 1.165) is 5.69 Å². The van der Waals surface area contributed by atoms with Crippen LogP contribution in [-0.4, -0.2) is 45.5 Å². The third-order valence-corrected chi connectivity index (χ3v) is 4.81. The normalized spacial score (nSPS) is 12.5. The molecule has 0 spiro atoms. The Balaban J connectivity index is 0.00000280. The van der Waals surface area contributed by atoms with Gasteiger partial charge in [-0.2, -0.15) is 0 Å². The second-order valence-corrected chi connectivity index (χ2v) is 7.08. The van der Waals surface area contributed by atoms with Gasteiger partial charge in [-0.15, -0.1) is 12.4 Å². The minimum Gasteiger partial charge on any atom is -0.388 e. The van der Waals surface area contributed by atoms with Crippen LogP contribution in [0.3, 0.4) is 0 Å². The lowest BCUT2D eigenvalue weighted by Gasteiger charge is -2.17. The minimum absolute atomic E-state index is 0. The van der Waals surface area contributed by atoms with Crippen molar-refractivity contribution in [2.24, 2.45) is 0 Å². The van der Waals surface area contributed by atoms with Gasteiger partial charge in [0.2, 0.25) is 0 Å². The Morgan fingerprint density at radius 3 is 1.71 bits per heavy atom. The first-order valence-corrected chi connectivity index (χ1v) is 9.20. The van der Waals surface area contributed by atoms with E-state index in [1.54, 1.807) is 0 Å². The van der Waals surface area contributed by atoms with Gasteiger partial charge in [-0.1, -0.05) is 24.3 Å². The van der Waals surface area contributed by atoms with Gasteiger partial charge in [0.1, 0.15) is 14.1 Å². The van der Waals surface area contributed by atoms with E-state index in [9.17, 15) is 0 Å². The minimum atomic E-state index is 0. The van der Waals surface area contributed by atoms with Crippen LogP contribution in [0.5, 0.6) is 0 Å². The zero-order chi connectivity index (χ0) is 19.4. The maximum absolute atomic E-state index is 3.19. The van der Waals surface area contributed by atoms with Crippen molar-refractivity contribution in [1.82, 2.24) is 0 Å². The fourth-order valence-corrected chi connectivity index (χ4v) is 3.16. The van der Waals surface area contributed by atoms with Gasteiger partial charge in [-0.05, 0) is 58.7 Å². The molecule has 2 aromatic carbocycles. The lowest BCUT2D eigenvalue weighted by molar-refractivity contribution is -0.462. The topological polar surface area (TPSA) is 18.3 Å². The van der Waals surface area contributed by atoms with Crippen molar-refractivity contribution in [2.75, 3.05) is 45.5 Å². The van der Waals surface area contributed by atoms with Gasteiger partial charge in [0, 0.05) is 44.7 Å². The highest BCUT2D eigenvalue weighted by atomic mass is 35.5. The van der Waals surface area contributed by atoms with Crippen molar-refractivity contribution >= 4 is 35.1 Å². The number of allylic oxidation sites excluding steroid dienone is 5. The summed E-state index contributed by atoms with van der Waals surface area (Å²) in [5, 5.41) is 3.19. The number of hydrogen-bond acceptors (Lipinski definition) is 2. The molecular weight excluding hydrogens is 366 g/mol. The van der Waals surface area contributed by atoms with E-state index in [1.165, 1.54) is 33.7 Å². The van der Waals surface area contributed by atoms with Crippen LogP contribution >= 0.6 is 12.4 Å². The van der Waals surface area contributed by atoms with Crippen LogP contribution in [0.2, 0.25) is 0 Å². The van der Waals surface area contributed by atoms with Crippen LogP contribution in [0.15, 0.2) is 78.4 Å². The van der Waals surface area contributed by atoms with Gasteiger partial charge in [0.05, 0.1) is 0 Å². The summed E-state index contributed by atoms with van der Waals surface area (Å²) in [5.41, 5.74) is 8.41.